The largest absolute Gasteiger partial charge is 0.491 e. The minimum Gasteiger partial charge on any atom is -0.491 e. The Labute approximate surface area is 133 Å². The molecule has 2 aromatic carbocycles. The highest BCUT2D eigenvalue weighted by atomic mass is 18.2. The molecule has 1 heterocycles. The Balaban J connectivity index is 1.85. The maximum absolute atomic E-state index is 12.2. The number of ether oxygens (including phenoxy) is 1. The second-order valence-corrected chi connectivity index (χ2v) is 5.29. The van der Waals surface area contributed by atoms with E-state index in [-0.39, 0.29) is 6.61 Å². The van der Waals surface area contributed by atoms with E-state index in [0.29, 0.717) is 11.4 Å². The summed E-state index contributed by atoms with van der Waals surface area (Å²) < 4.78 is 17.6. The summed E-state index contributed by atoms with van der Waals surface area (Å²) in [6.07, 6.45) is -1.10. The Morgan fingerprint density at radius 1 is 1.09 bits per heavy atom. The molecule has 5 heteroatoms. The molecule has 3 aromatic rings. The van der Waals surface area contributed by atoms with Crippen LogP contribution in [0.25, 0.3) is 22.2 Å². The fraction of sp³-hybridized carbons (Fsp3) is 0.167. The van der Waals surface area contributed by atoms with Crippen LogP contribution in [0.15, 0.2) is 54.6 Å². The van der Waals surface area contributed by atoms with Gasteiger partial charge in [-0.2, -0.15) is 0 Å². The molecule has 4 nitrogen and oxygen atoms in total. The molecule has 1 atom stereocenters. The van der Waals surface area contributed by atoms with Gasteiger partial charge in [0.15, 0.2) is 0 Å². The molecule has 3 rings (SSSR count). The van der Waals surface area contributed by atoms with Crippen molar-refractivity contribution in [1.82, 2.24) is 4.98 Å². The van der Waals surface area contributed by atoms with E-state index in [9.17, 15) is 9.50 Å². The third-order valence-electron chi connectivity index (χ3n) is 3.49. The first-order valence-electron chi connectivity index (χ1n) is 7.29. The molecule has 0 aliphatic carbocycles. The highest BCUT2D eigenvalue weighted by Crippen LogP contribution is 2.24. The molecular weight excluding hydrogens is 294 g/mol. The van der Waals surface area contributed by atoms with Gasteiger partial charge in [-0.05, 0) is 36.4 Å². The number of hydrogen-bond acceptors (Lipinski definition) is 4. The number of hydrogen-bond donors (Lipinski definition) is 2. The van der Waals surface area contributed by atoms with Crippen molar-refractivity contribution < 1.29 is 14.2 Å². The predicted molar refractivity (Wildman–Crippen MR) is 89.1 cm³/mol. The number of aliphatic hydroxyl groups excluding tert-OH is 1. The number of nitrogens with zero attached hydrogens (tertiary/aromatic N) is 1. The van der Waals surface area contributed by atoms with Crippen molar-refractivity contribution in [2.75, 3.05) is 19.0 Å². The minimum atomic E-state index is -1.10. The maximum Gasteiger partial charge on any atom is 0.120 e. The van der Waals surface area contributed by atoms with E-state index in [2.05, 4.69) is 4.98 Å². The number of aromatic nitrogens is 1. The van der Waals surface area contributed by atoms with Crippen molar-refractivity contribution in [2.45, 2.75) is 6.10 Å². The second kappa shape index (κ2) is 6.62. The molecule has 0 bridgehead atoms. The number of nitrogens with two attached hydrogens (primary N) is 1. The first-order chi connectivity index (χ1) is 11.2. The van der Waals surface area contributed by atoms with E-state index in [0.717, 1.165) is 22.2 Å². The molecule has 1 aromatic heterocycles. The van der Waals surface area contributed by atoms with Gasteiger partial charge in [0.1, 0.15) is 25.1 Å². The van der Waals surface area contributed by atoms with E-state index in [1.54, 1.807) is 6.07 Å². The molecule has 23 heavy (non-hydrogen) atoms. The summed E-state index contributed by atoms with van der Waals surface area (Å²) in [4.78, 5) is 4.62. The zero-order valence-electron chi connectivity index (χ0n) is 12.4. The number of alkyl halides is 1. The van der Waals surface area contributed by atoms with Crippen LogP contribution in [0.4, 0.5) is 10.1 Å². The number of nitrogen functional groups attached to an aromatic ring is 1. The van der Waals surface area contributed by atoms with Crippen molar-refractivity contribution >= 4 is 16.6 Å². The fourth-order valence-corrected chi connectivity index (χ4v) is 2.25. The summed E-state index contributed by atoms with van der Waals surface area (Å²) in [5.74, 6) is 0.576. The average molecular weight is 311 g/mol. The van der Waals surface area contributed by atoms with Crippen molar-refractivity contribution in [3.8, 4) is 17.0 Å². The van der Waals surface area contributed by atoms with Gasteiger partial charge in [-0.25, -0.2) is 9.37 Å². The number of benzene rings is 2. The summed E-state index contributed by atoms with van der Waals surface area (Å²) in [7, 11) is 0. The first-order valence-corrected chi connectivity index (χ1v) is 7.29. The van der Waals surface area contributed by atoms with Gasteiger partial charge in [-0.1, -0.05) is 18.2 Å². The van der Waals surface area contributed by atoms with Crippen molar-refractivity contribution in [2.24, 2.45) is 0 Å². The van der Waals surface area contributed by atoms with Gasteiger partial charge in [-0.3, -0.25) is 0 Å². The number of aliphatic hydroxyl groups is 1. The number of halogens is 1. The molecule has 0 aliphatic heterocycles. The standard InChI is InChI=1S/C18H17FN2O2/c19-10-15(22)11-23-16-6-8-18-13(9-16)3-7-17(21-18)12-1-4-14(20)5-2-12/h1-9,15,22H,10-11,20H2/i19-1. The SMILES string of the molecule is Nc1ccc(-c2ccc3cc(OCC(O)C[18F])ccc3n2)cc1. The van der Waals surface area contributed by atoms with Crippen molar-refractivity contribution in [3.05, 3.63) is 54.6 Å². The summed E-state index contributed by atoms with van der Waals surface area (Å²) in [5, 5.41) is 10.1. The lowest BCUT2D eigenvalue weighted by atomic mass is 10.1. The molecule has 0 fully saturated rings. The van der Waals surface area contributed by atoms with E-state index in [4.69, 9.17) is 10.5 Å². The normalized spacial score (nSPS) is 12.3. The average Bonchev–Trinajstić information content (AvgIpc) is 2.59. The monoisotopic (exact) mass is 311 g/mol. The molecule has 118 valence electrons. The van der Waals surface area contributed by atoms with Gasteiger partial charge in [-0.15, -0.1) is 0 Å². The van der Waals surface area contributed by atoms with E-state index >= 15 is 0 Å². The molecule has 1 unspecified atom stereocenters. The number of rotatable bonds is 5. The Kier molecular flexibility index (Phi) is 4.39. The Morgan fingerprint density at radius 2 is 1.87 bits per heavy atom. The van der Waals surface area contributed by atoms with Gasteiger partial charge < -0.3 is 15.6 Å². The van der Waals surface area contributed by atoms with Gasteiger partial charge in [0, 0.05) is 16.6 Å². The van der Waals surface area contributed by atoms with E-state index < -0.39 is 12.8 Å². The third kappa shape index (κ3) is 3.57. The van der Waals surface area contributed by atoms with Crippen molar-refractivity contribution in [1.29, 1.82) is 0 Å². The highest BCUT2D eigenvalue weighted by molar-refractivity contribution is 5.83. The molecular formula is C18H17FN2O2. The lowest BCUT2D eigenvalue weighted by Gasteiger charge is -2.10. The molecule has 0 radical (unpaired) electrons. The lowest BCUT2D eigenvalue weighted by Crippen LogP contribution is -2.19. The molecule has 0 saturated heterocycles. The van der Waals surface area contributed by atoms with Gasteiger partial charge in [0.25, 0.3) is 0 Å². The number of fused-ring (bicyclic) bond motifs is 1. The van der Waals surface area contributed by atoms with Crippen LogP contribution in [-0.4, -0.2) is 29.5 Å². The predicted octanol–water partition coefficient (Wildman–Crippen LogP) is 3.19. The Bertz CT molecular complexity index is 806. The maximum atomic E-state index is 12.2. The van der Waals surface area contributed by atoms with Gasteiger partial charge in [0.05, 0.1) is 11.2 Å². The van der Waals surface area contributed by atoms with Crippen LogP contribution in [0.5, 0.6) is 5.75 Å². The molecule has 0 amide bonds. The summed E-state index contributed by atoms with van der Waals surface area (Å²) >= 11 is 0. The van der Waals surface area contributed by atoms with Crippen LogP contribution in [0.2, 0.25) is 0 Å². The van der Waals surface area contributed by atoms with Crippen LogP contribution in [-0.2, 0) is 0 Å². The molecule has 3 N–H and O–H groups in total. The zero-order valence-corrected chi connectivity index (χ0v) is 12.4. The smallest absolute Gasteiger partial charge is 0.120 e. The van der Waals surface area contributed by atoms with Crippen LogP contribution in [0.3, 0.4) is 0 Å². The summed E-state index contributed by atoms with van der Waals surface area (Å²) in [6.45, 7) is -0.890. The van der Waals surface area contributed by atoms with Crippen LogP contribution in [0, 0.1) is 0 Å². The highest BCUT2D eigenvalue weighted by Gasteiger charge is 2.06. The van der Waals surface area contributed by atoms with Gasteiger partial charge >= 0.3 is 0 Å². The zero-order chi connectivity index (χ0) is 16.2. The van der Waals surface area contributed by atoms with Crippen LogP contribution < -0.4 is 10.5 Å². The lowest BCUT2D eigenvalue weighted by molar-refractivity contribution is 0.0842. The first kappa shape index (κ1) is 15.2. The number of pyridine rings is 1. The molecule has 0 spiro atoms. The second-order valence-electron chi connectivity index (χ2n) is 5.29. The van der Waals surface area contributed by atoms with Gasteiger partial charge in [0.2, 0.25) is 0 Å². The van der Waals surface area contributed by atoms with Crippen LogP contribution >= 0.6 is 0 Å². The van der Waals surface area contributed by atoms with E-state index in [1.807, 2.05) is 48.5 Å². The van der Waals surface area contributed by atoms with Crippen LogP contribution in [0.1, 0.15) is 0 Å². The fourth-order valence-electron chi connectivity index (χ4n) is 2.25. The Hall–Kier alpha value is -2.66. The number of anilines is 1. The summed E-state index contributed by atoms with van der Waals surface area (Å²) in [5.41, 5.74) is 9.10. The van der Waals surface area contributed by atoms with E-state index in [1.165, 1.54) is 0 Å². The molecule has 0 aliphatic rings. The quantitative estimate of drug-likeness (QED) is 0.710. The topological polar surface area (TPSA) is 68.4 Å². The Morgan fingerprint density at radius 3 is 2.61 bits per heavy atom. The third-order valence-corrected chi connectivity index (χ3v) is 3.49. The molecule has 0 saturated carbocycles. The minimum absolute atomic E-state index is 0.0705. The van der Waals surface area contributed by atoms with Crippen molar-refractivity contribution in [3.63, 3.8) is 0 Å². The summed E-state index contributed by atoms with van der Waals surface area (Å²) in [6, 6.07) is 16.8.